The minimum atomic E-state index is -0.273. The normalized spacial score (nSPS) is 10.7. The molecule has 10 nitrogen and oxygen atoms in total. The topological polar surface area (TPSA) is 128 Å². The van der Waals surface area contributed by atoms with Crippen molar-refractivity contribution in [3.8, 4) is 28.5 Å². The van der Waals surface area contributed by atoms with Gasteiger partial charge in [0, 0.05) is 59.8 Å². The summed E-state index contributed by atoms with van der Waals surface area (Å²) >= 11 is 0. The summed E-state index contributed by atoms with van der Waals surface area (Å²) in [6.45, 7) is 6.04. The molecule has 0 aliphatic rings. The van der Waals surface area contributed by atoms with Crippen molar-refractivity contribution in [3.63, 3.8) is 0 Å². The molecule has 0 aliphatic heterocycles. The average Bonchev–Trinajstić information content (AvgIpc) is 2.98. The van der Waals surface area contributed by atoms with Crippen LogP contribution in [0.1, 0.15) is 32.9 Å². The van der Waals surface area contributed by atoms with Gasteiger partial charge < -0.3 is 15.4 Å². The second kappa shape index (κ2) is 11.6. The van der Waals surface area contributed by atoms with Crippen LogP contribution in [0.4, 0.5) is 11.5 Å². The fourth-order valence-electron chi connectivity index (χ4n) is 4.17. The predicted octanol–water partition coefficient (Wildman–Crippen LogP) is 5.00. The van der Waals surface area contributed by atoms with Gasteiger partial charge in [0.15, 0.2) is 5.82 Å². The smallest absolute Gasteiger partial charge is 0.270 e. The van der Waals surface area contributed by atoms with E-state index in [1.165, 1.54) is 0 Å². The minimum absolute atomic E-state index is 0.273. The molecule has 5 aromatic heterocycles. The number of anilines is 2. The number of aryl methyl sites for hydroxylation is 3. The number of rotatable bonds is 8. The maximum Gasteiger partial charge on any atom is 0.270 e. The molecule has 5 rings (SSSR count). The van der Waals surface area contributed by atoms with E-state index in [9.17, 15) is 4.79 Å². The second-order valence-corrected chi connectivity index (χ2v) is 9.20. The van der Waals surface area contributed by atoms with Crippen LogP contribution in [-0.2, 0) is 6.54 Å². The maximum absolute atomic E-state index is 13.0. The SMILES string of the molecule is COc1ccc(-c2ccc(CNC(=O)c3cc(C)c(-c4ncc(C)c(Nc5cccnc5)n4)c(C)n3)cn2)cn1. The highest BCUT2D eigenvalue weighted by molar-refractivity contribution is 5.93. The number of hydrogen-bond donors (Lipinski definition) is 2. The molecule has 10 heteroatoms. The first-order valence-corrected chi connectivity index (χ1v) is 12.6. The van der Waals surface area contributed by atoms with Crippen molar-refractivity contribution in [1.29, 1.82) is 0 Å². The monoisotopic (exact) mass is 532 g/mol. The molecule has 0 radical (unpaired) electrons. The Morgan fingerprint density at radius 3 is 2.45 bits per heavy atom. The maximum atomic E-state index is 13.0. The number of nitrogens with one attached hydrogen (secondary N) is 2. The van der Waals surface area contributed by atoms with Gasteiger partial charge in [0.2, 0.25) is 5.88 Å². The molecule has 5 aromatic rings. The van der Waals surface area contributed by atoms with Crippen LogP contribution in [0.5, 0.6) is 5.88 Å². The Labute approximate surface area is 232 Å². The molecule has 5 heterocycles. The van der Waals surface area contributed by atoms with Crippen molar-refractivity contribution in [2.75, 3.05) is 12.4 Å². The summed E-state index contributed by atoms with van der Waals surface area (Å²) in [5.74, 6) is 1.49. The van der Waals surface area contributed by atoms with Gasteiger partial charge in [0.25, 0.3) is 5.91 Å². The molecule has 2 N–H and O–H groups in total. The van der Waals surface area contributed by atoms with Crippen LogP contribution in [0.2, 0.25) is 0 Å². The Bertz CT molecular complexity index is 1620. The highest BCUT2D eigenvalue weighted by atomic mass is 16.5. The summed E-state index contributed by atoms with van der Waals surface area (Å²) in [6.07, 6.45) is 8.66. The first kappa shape index (κ1) is 26.4. The van der Waals surface area contributed by atoms with Gasteiger partial charge >= 0.3 is 0 Å². The van der Waals surface area contributed by atoms with Gasteiger partial charge in [-0.2, -0.15) is 0 Å². The van der Waals surface area contributed by atoms with E-state index in [1.807, 2.05) is 51.1 Å². The van der Waals surface area contributed by atoms with Crippen molar-refractivity contribution in [2.45, 2.75) is 27.3 Å². The van der Waals surface area contributed by atoms with E-state index in [0.29, 0.717) is 35.5 Å². The Hall–Kier alpha value is -5.25. The van der Waals surface area contributed by atoms with Crippen LogP contribution in [0.15, 0.2) is 73.4 Å². The summed E-state index contributed by atoms with van der Waals surface area (Å²) in [7, 11) is 1.58. The van der Waals surface area contributed by atoms with Crippen molar-refractivity contribution in [1.82, 2.24) is 35.2 Å². The number of ether oxygens (including phenoxy) is 1. The van der Waals surface area contributed by atoms with Crippen molar-refractivity contribution < 1.29 is 9.53 Å². The molecule has 1 amide bonds. The zero-order valence-electron chi connectivity index (χ0n) is 22.6. The number of hydrogen-bond acceptors (Lipinski definition) is 9. The van der Waals surface area contributed by atoms with Crippen molar-refractivity contribution in [3.05, 3.63) is 102 Å². The molecule has 200 valence electrons. The van der Waals surface area contributed by atoms with E-state index >= 15 is 0 Å². The van der Waals surface area contributed by atoms with E-state index in [1.54, 1.807) is 50.2 Å². The second-order valence-electron chi connectivity index (χ2n) is 9.20. The number of nitrogens with zero attached hydrogens (tertiary/aromatic N) is 6. The molecule has 0 saturated heterocycles. The molecule has 0 aromatic carbocycles. The van der Waals surface area contributed by atoms with E-state index < -0.39 is 0 Å². The molecule has 0 bridgehead atoms. The van der Waals surface area contributed by atoms with Gasteiger partial charge in [-0.25, -0.2) is 19.9 Å². The zero-order chi connectivity index (χ0) is 28.1. The number of methoxy groups -OCH3 is 1. The Balaban J connectivity index is 1.28. The van der Waals surface area contributed by atoms with Crippen molar-refractivity contribution in [2.24, 2.45) is 0 Å². The van der Waals surface area contributed by atoms with Crippen molar-refractivity contribution >= 4 is 17.4 Å². The van der Waals surface area contributed by atoms with Gasteiger partial charge in [-0.05, 0) is 62.2 Å². The summed E-state index contributed by atoms with van der Waals surface area (Å²) in [4.78, 5) is 39.7. The standard InChI is InChI=1S/C30H28N8O2/c1-18-12-25(30(39)35-15-21-7-9-24(32-14-21)22-8-10-26(40-4)33-16-22)36-20(3)27(18)29-34-13-19(2)28(38-29)37-23-6-5-11-31-17-23/h5-14,16-17H,15H2,1-4H3,(H,35,39)(H,34,37,38). The zero-order valence-corrected chi connectivity index (χ0v) is 22.6. The first-order chi connectivity index (χ1) is 19.4. The lowest BCUT2D eigenvalue weighted by atomic mass is 10.1. The van der Waals surface area contributed by atoms with E-state index in [-0.39, 0.29) is 5.91 Å². The fraction of sp³-hybridized carbons (Fsp3) is 0.167. The number of pyridine rings is 4. The van der Waals surface area contributed by atoms with E-state index in [2.05, 4.69) is 35.6 Å². The van der Waals surface area contributed by atoms with Crippen LogP contribution in [-0.4, -0.2) is 42.9 Å². The van der Waals surface area contributed by atoms with Gasteiger partial charge in [-0.1, -0.05) is 6.07 Å². The Morgan fingerprint density at radius 2 is 1.77 bits per heavy atom. The third-order valence-corrected chi connectivity index (χ3v) is 6.27. The molecular formula is C30H28N8O2. The molecule has 0 unspecified atom stereocenters. The Morgan fingerprint density at radius 1 is 0.900 bits per heavy atom. The predicted molar refractivity (Wildman–Crippen MR) is 152 cm³/mol. The summed E-state index contributed by atoms with van der Waals surface area (Å²) in [6, 6.07) is 13.0. The van der Waals surface area contributed by atoms with Gasteiger partial charge in [0.1, 0.15) is 11.5 Å². The lowest BCUT2D eigenvalue weighted by Gasteiger charge is -2.14. The van der Waals surface area contributed by atoms with Crippen LogP contribution < -0.4 is 15.4 Å². The molecule has 0 fully saturated rings. The van der Waals surface area contributed by atoms with Crippen LogP contribution in [0, 0.1) is 20.8 Å². The van der Waals surface area contributed by atoms with Gasteiger partial charge in [-0.3, -0.25) is 14.8 Å². The highest BCUT2D eigenvalue weighted by Crippen LogP contribution is 2.27. The molecule has 40 heavy (non-hydrogen) atoms. The third kappa shape index (κ3) is 5.91. The summed E-state index contributed by atoms with van der Waals surface area (Å²) in [5, 5.41) is 6.22. The Kier molecular flexibility index (Phi) is 7.68. The first-order valence-electron chi connectivity index (χ1n) is 12.6. The molecule has 0 aliphatic carbocycles. The van der Waals surface area contributed by atoms with E-state index in [0.717, 1.165) is 39.2 Å². The molecule has 0 saturated carbocycles. The molecular weight excluding hydrogens is 504 g/mol. The van der Waals surface area contributed by atoms with Crippen LogP contribution in [0.25, 0.3) is 22.6 Å². The lowest BCUT2D eigenvalue weighted by molar-refractivity contribution is 0.0945. The summed E-state index contributed by atoms with van der Waals surface area (Å²) in [5.41, 5.74) is 6.90. The summed E-state index contributed by atoms with van der Waals surface area (Å²) < 4.78 is 5.10. The fourth-order valence-corrected chi connectivity index (χ4v) is 4.17. The van der Waals surface area contributed by atoms with Gasteiger partial charge in [-0.15, -0.1) is 0 Å². The van der Waals surface area contributed by atoms with Gasteiger partial charge in [0.05, 0.1) is 24.7 Å². The van der Waals surface area contributed by atoms with E-state index in [4.69, 9.17) is 9.72 Å². The number of amides is 1. The molecule has 0 spiro atoms. The third-order valence-electron chi connectivity index (χ3n) is 6.27. The van der Waals surface area contributed by atoms with Crippen LogP contribution in [0.3, 0.4) is 0 Å². The molecule has 0 atom stereocenters. The quantitative estimate of drug-likeness (QED) is 0.284. The number of carbonyl (C=O) groups is 1. The minimum Gasteiger partial charge on any atom is -0.481 e. The highest BCUT2D eigenvalue weighted by Gasteiger charge is 2.17. The number of aromatic nitrogens is 6. The lowest BCUT2D eigenvalue weighted by Crippen LogP contribution is -2.24. The number of carbonyl (C=O) groups excluding carboxylic acids is 1. The average molecular weight is 533 g/mol. The largest absolute Gasteiger partial charge is 0.481 e. The van der Waals surface area contributed by atoms with Crippen LogP contribution >= 0.6 is 0 Å².